The van der Waals surface area contributed by atoms with Crippen LogP contribution < -0.4 is 9.47 Å². The minimum atomic E-state index is -2.74. The Labute approximate surface area is 299 Å². The topological polar surface area (TPSA) is 191 Å². The average molecular weight is 712 g/mol. The molecule has 1 amide bonds. The summed E-state index contributed by atoms with van der Waals surface area (Å²) in [6, 6.07) is 11.6. The van der Waals surface area contributed by atoms with Crippen molar-refractivity contribution >= 4 is 23.8 Å². The van der Waals surface area contributed by atoms with Crippen molar-refractivity contribution in [3.63, 3.8) is 0 Å². The van der Waals surface area contributed by atoms with E-state index in [2.05, 4.69) is 19.9 Å². The number of fused-ring (bicyclic) bond motifs is 5. The Balaban J connectivity index is 0.000000383. The first kappa shape index (κ1) is 39.5. The number of benzene rings is 2. The molecule has 51 heavy (non-hydrogen) atoms. The summed E-state index contributed by atoms with van der Waals surface area (Å²) < 4.78 is 11.9. The predicted molar refractivity (Wildman–Crippen MR) is 188 cm³/mol. The fourth-order valence-corrected chi connectivity index (χ4v) is 9.19. The molecule has 0 radical (unpaired) electrons. The van der Waals surface area contributed by atoms with Crippen LogP contribution in [0.15, 0.2) is 36.4 Å². The highest BCUT2D eigenvalue weighted by Crippen LogP contribution is 2.64. The minimum Gasteiger partial charge on any atom is -0.508 e. The Kier molecular flexibility index (Phi) is 12.7. The fourth-order valence-electron chi connectivity index (χ4n) is 9.19. The van der Waals surface area contributed by atoms with E-state index in [1.54, 1.807) is 7.11 Å². The maximum Gasteiger partial charge on any atom is 0.336 e. The summed E-state index contributed by atoms with van der Waals surface area (Å²) in [7, 11) is 1.64. The first-order valence-corrected chi connectivity index (χ1v) is 17.9. The highest BCUT2D eigenvalue weighted by atomic mass is 16.5. The third-order valence-corrected chi connectivity index (χ3v) is 11.7. The number of rotatable bonds is 13. The molecule has 3 aliphatic rings. The highest BCUT2D eigenvalue weighted by Gasteiger charge is 2.56. The molecule has 280 valence electrons. The lowest BCUT2D eigenvalue weighted by Crippen LogP contribution is -2.45. The Bertz CT molecular complexity index is 1570. The van der Waals surface area contributed by atoms with Crippen LogP contribution >= 0.6 is 0 Å². The molecule has 5 rings (SSSR count). The van der Waals surface area contributed by atoms with E-state index in [4.69, 9.17) is 29.9 Å². The van der Waals surface area contributed by atoms with Crippen molar-refractivity contribution in [3.05, 3.63) is 53.1 Å². The number of carboxylic acids is 3. The number of aliphatic carboxylic acids is 3. The number of carboxylic acid groups (broad SMARTS) is 3. The summed E-state index contributed by atoms with van der Waals surface area (Å²) in [5.41, 5.74) is 1.12. The zero-order valence-electron chi connectivity index (χ0n) is 30.3. The molecule has 0 spiro atoms. The summed E-state index contributed by atoms with van der Waals surface area (Å²) >= 11 is 0. The van der Waals surface area contributed by atoms with Gasteiger partial charge in [0.05, 0.1) is 26.6 Å². The van der Waals surface area contributed by atoms with Gasteiger partial charge in [-0.15, -0.1) is 0 Å². The van der Waals surface area contributed by atoms with Gasteiger partial charge < -0.3 is 39.9 Å². The number of phenols is 1. The van der Waals surface area contributed by atoms with Crippen LogP contribution in [0.1, 0.15) is 100 Å². The zero-order valence-corrected chi connectivity index (χ0v) is 30.3. The van der Waals surface area contributed by atoms with E-state index in [1.165, 1.54) is 36.8 Å². The molecule has 0 saturated heterocycles. The van der Waals surface area contributed by atoms with E-state index in [1.807, 2.05) is 49.1 Å². The van der Waals surface area contributed by atoms with Crippen molar-refractivity contribution in [2.75, 3.05) is 26.8 Å². The Morgan fingerprint density at radius 1 is 0.941 bits per heavy atom. The van der Waals surface area contributed by atoms with Crippen LogP contribution in [0.5, 0.6) is 17.2 Å². The van der Waals surface area contributed by atoms with Crippen LogP contribution in [0.3, 0.4) is 0 Å². The second-order valence-electron chi connectivity index (χ2n) is 14.6. The van der Waals surface area contributed by atoms with Crippen LogP contribution in [0.4, 0.5) is 0 Å². The van der Waals surface area contributed by atoms with Gasteiger partial charge in [-0.3, -0.25) is 14.4 Å². The smallest absolute Gasteiger partial charge is 0.336 e. The summed E-state index contributed by atoms with van der Waals surface area (Å²) in [6.07, 6.45) is 4.94. The Morgan fingerprint density at radius 2 is 1.61 bits per heavy atom. The number of aliphatic hydroxyl groups is 1. The maximum absolute atomic E-state index is 12.8. The first-order valence-electron chi connectivity index (χ1n) is 17.9. The molecule has 2 aromatic rings. The lowest BCUT2D eigenvalue weighted by Gasteiger charge is -2.53. The van der Waals surface area contributed by atoms with Gasteiger partial charge in [0, 0.05) is 18.7 Å². The van der Waals surface area contributed by atoms with Crippen molar-refractivity contribution in [3.8, 4) is 17.2 Å². The molecule has 5 N–H and O–H groups in total. The van der Waals surface area contributed by atoms with Crippen molar-refractivity contribution < 1.29 is 54.2 Å². The second kappa shape index (κ2) is 16.4. The lowest BCUT2D eigenvalue weighted by atomic mass is 9.51. The number of nitrogens with zero attached hydrogens (tertiary/aromatic N) is 1. The number of carbonyl (C=O) groups is 4. The molecule has 12 nitrogen and oxygen atoms in total. The summed E-state index contributed by atoms with van der Waals surface area (Å²) in [5.74, 6) is 0.170. The molecule has 0 heterocycles. The molecule has 0 aromatic heterocycles. The highest BCUT2D eigenvalue weighted by molar-refractivity contribution is 5.95. The van der Waals surface area contributed by atoms with Gasteiger partial charge >= 0.3 is 17.9 Å². The van der Waals surface area contributed by atoms with Gasteiger partial charge in [-0.1, -0.05) is 19.9 Å². The number of hydrogen-bond acceptors (Lipinski definition) is 8. The predicted octanol–water partition coefficient (Wildman–Crippen LogP) is 5.82. The molecule has 3 aliphatic carbocycles. The van der Waals surface area contributed by atoms with E-state index in [-0.39, 0.29) is 5.91 Å². The number of amides is 1. The summed E-state index contributed by atoms with van der Waals surface area (Å²) in [5, 5.41) is 43.8. The number of carbonyl (C=O) groups excluding carboxylic acids is 1. The standard InChI is InChI=1S/C33H45NO4.C6H8O7/c1-6-34(7-2)32(36)22-8-13-29(30(20-22)37-5)38-17-15-24-9-12-28-31-21(3)18-23-19-25(35)10-11-26(23)27(31)14-16-33(24,28)4;7-3(8)1-6(13,5(11)12)2-4(9)10/h8,10-11,13,19-21,24,27-28,31,35H,6-7,9,12,14-18H2,1-5H3;13H,1-2H2,(H,7,8)(H,9,10)(H,11,12)/t21-,24-,27-,28+,31-,33-;/m1./s1. The maximum atomic E-state index is 12.8. The normalized spacial score (nSPS) is 24.9. The van der Waals surface area contributed by atoms with Crippen LogP contribution in [0, 0.1) is 29.1 Å². The lowest BCUT2D eigenvalue weighted by molar-refractivity contribution is -0.170. The van der Waals surface area contributed by atoms with Crippen molar-refractivity contribution in [1.82, 2.24) is 4.90 Å². The van der Waals surface area contributed by atoms with Gasteiger partial charge in [0.15, 0.2) is 17.1 Å². The molecule has 2 aromatic carbocycles. The molecule has 2 saturated carbocycles. The van der Waals surface area contributed by atoms with Crippen LogP contribution in [-0.4, -0.2) is 86.7 Å². The number of ether oxygens (including phenoxy) is 2. The van der Waals surface area contributed by atoms with E-state index in [0.717, 1.165) is 24.7 Å². The zero-order chi connectivity index (χ0) is 37.7. The van der Waals surface area contributed by atoms with E-state index in [9.17, 15) is 24.3 Å². The van der Waals surface area contributed by atoms with Gasteiger partial charge in [-0.2, -0.15) is 0 Å². The molecule has 6 atom stereocenters. The van der Waals surface area contributed by atoms with E-state index < -0.39 is 36.4 Å². The largest absolute Gasteiger partial charge is 0.508 e. The van der Waals surface area contributed by atoms with Crippen LogP contribution in [0.25, 0.3) is 0 Å². The van der Waals surface area contributed by atoms with Gasteiger partial charge in [0.25, 0.3) is 5.91 Å². The van der Waals surface area contributed by atoms with Crippen molar-refractivity contribution in [2.45, 2.75) is 90.6 Å². The number of aromatic hydroxyl groups is 1. The monoisotopic (exact) mass is 711 g/mol. The fraction of sp³-hybridized carbons (Fsp3) is 0.590. The molecule has 2 fully saturated rings. The number of hydrogen-bond donors (Lipinski definition) is 5. The SMILES string of the molecule is CCN(CC)C(=O)c1ccc(OCC[C@H]2CC[C@H]3[C@@H]4[C@H](C)Cc5cc(O)ccc5[C@H]4CC[C@]23C)c(OC)c1.O=C(O)CC(O)(CC(=O)O)C(=O)O. The third kappa shape index (κ3) is 8.60. The van der Waals surface area contributed by atoms with Gasteiger partial charge in [0.2, 0.25) is 0 Å². The summed E-state index contributed by atoms with van der Waals surface area (Å²) in [6.45, 7) is 11.0. The van der Waals surface area contributed by atoms with Gasteiger partial charge in [-0.25, -0.2) is 4.79 Å². The quantitative estimate of drug-likeness (QED) is 0.168. The van der Waals surface area contributed by atoms with Crippen molar-refractivity contribution in [2.24, 2.45) is 29.1 Å². The van der Waals surface area contributed by atoms with Crippen LogP contribution in [0.2, 0.25) is 0 Å². The average Bonchev–Trinajstić information content (AvgIpc) is 3.40. The number of phenolic OH excluding ortho intramolecular Hbond substituents is 1. The Hall–Kier alpha value is -4.32. The van der Waals surface area contributed by atoms with E-state index >= 15 is 0 Å². The van der Waals surface area contributed by atoms with Gasteiger partial charge in [-0.05, 0) is 129 Å². The minimum absolute atomic E-state index is 0.0248. The van der Waals surface area contributed by atoms with E-state index in [0.29, 0.717) is 65.7 Å². The molecular formula is C39H53NO11. The van der Waals surface area contributed by atoms with Crippen molar-refractivity contribution in [1.29, 1.82) is 0 Å². The first-order chi connectivity index (χ1) is 24.1. The summed E-state index contributed by atoms with van der Waals surface area (Å²) in [4.78, 5) is 45.1. The molecule has 0 unspecified atom stereocenters. The number of methoxy groups -OCH3 is 1. The molecule has 12 heteroatoms. The van der Waals surface area contributed by atoms with Crippen LogP contribution in [-0.2, 0) is 20.8 Å². The Morgan fingerprint density at radius 3 is 2.20 bits per heavy atom. The molecule has 0 aliphatic heterocycles. The molecular weight excluding hydrogens is 658 g/mol. The molecule has 0 bridgehead atoms. The second-order valence-corrected chi connectivity index (χ2v) is 14.6. The third-order valence-electron chi connectivity index (χ3n) is 11.7. The van der Waals surface area contributed by atoms with Gasteiger partial charge in [0.1, 0.15) is 5.75 Å².